The van der Waals surface area contributed by atoms with Gasteiger partial charge in [0.2, 0.25) is 0 Å². The van der Waals surface area contributed by atoms with E-state index in [9.17, 15) is 9.50 Å². The monoisotopic (exact) mass is 251 g/mol. The van der Waals surface area contributed by atoms with Crippen molar-refractivity contribution in [3.63, 3.8) is 0 Å². The number of hydrogen-bond donors (Lipinski definition) is 2. The van der Waals surface area contributed by atoms with Crippen molar-refractivity contribution in [2.75, 3.05) is 0 Å². The van der Waals surface area contributed by atoms with Gasteiger partial charge < -0.3 is 10.4 Å². The highest BCUT2D eigenvalue weighted by Crippen LogP contribution is 2.40. The second-order valence-electron chi connectivity index (χ2n) is 5.99. The molecule has 0 bridgehead atoms. The van der Waals surface area contributed by atoms with Crippen LogP contribution in [0.15, 0.2) is 24.3 Å². The Kier molecular flexibility index (Phi) is 3.74. The van der Waals surface area contributed by atoms with E-state index in [1.54, 1.807) is 6.07 Å². The third-order valence-electron chi connectivity index (χ3n) is 4.19. The zero-order valence-electron chi connectivity index (χ0n) is 11.3. The zero-order chi connectivity index (χ0) is 13.3. The molecule has 1 aliphatic rings. The summed E-state index contributed by atoms with van der Waals surface area (Å²) in [7, 11) is 0. The Bertz CT molecular complexity index is 419. The van der Waals surface area contributed by atoms with Crippen molar-refractivity contribution < 1.29 is 9.50 Å². The molecule has 0 spiro atoms. The van der Waals surface area contributed by atoms with Crippen LogP contribution in [0.4, 0.5) is 4.39 Å². The highest BCUT2D eigenvalue weighted by molar-refractivity contribution is 5.18. The molecule has 0 aromatic heterocycles. The minimum atomic E-state index is -0.226. The highest BCUT2D eigenvalue weighted by Gasteiger charge is 2.47. The van der Waals surface area contributed by atoms with Crippen LogP contribution >= 0.6 is 0 Å². The lowest BCUT2D eigenvalue weighted by atomic mass is 9.64. The normalized spacial score (nSPS) is 27.6. The largest absolute Gasteiger partial charge is 0.392 e. The maximum absolute atomic E-state index is 13.5. The van der Waals surface area contributed by atoms with Gasteiger partial charge in [0.25, 0.3) is 0 Å². The van der Waals surface area contributed by atoms with Crippen LogP contribution in [0.3, 0.4) is 0 Å². The summed E-state index contributed by atoms with van der Waals surface area (Å²) in [6.45, 7) is 6.19. The van der Waals surface area contributed by atoms with Crippen LogP contribution < -0.4 is 5.32 Å². The Balaban J connectivity index is 1.90. The van der Waals surface area contributed by atoms with Crippen molar-refractivity contribution in [1.82, 2.24) is 5.32 Å². The van der Waals surface area contributed by atoms with Crippen LogP contribution in [0.5, 0.6) is 0 Å². The fourth-order valence-corrected chi connectivity index (χ4v) is 2.58. The van der Waals surface area contributed by atoms with E-state index >= 15 is 0 Å². The molecular formula is C15H22FNO. The topological polar surface area (TPSA) is 32.3 Å². The van der Waals surface area contributed by atoms with E-state index in [0.717, 1.165) is 12.0 Å². The van der Waals surface area contributed by atoms with Crippen molar-refractivity contribution in [1.29, 1.82) is 0 Å². The molecule has 1 saturated carbocycles. The van der Waals surface area contributed by atoms with Crippen molar-refractivity contribution >= 4 is 0 Å². The fraction of sp³-hybridized carbons (Fsp3) is 0.600. The van der Waals surface area contributed by atoms with Crippen LogP contribution in [-0.2, 0) is 6.42 Å². The summed E-state index contributed by atoms with van der Waals surface area (Å²) in [5.74, 6) is -0.140. The van der Waals surface area contributed by atoms with Crippen LogP contribution in [0.25, 0.3) is 0 Å². The number of aliphatic hydroxyl groups is 1. The molecule has 2 rings (SSSR count). The molecule has 1 fully saturated rings. The molecule has 1 aliphatic carbocycles. The molecule has 0 radical (unpaired) electrons. The minimum absolute atomic E-state index is 0.0799. The van der Waals surface area contributed by atoms with Gasteiger partial charge in [0.05, 0.1) is 6.10 Å². The number of hydrogen-bond acceptors (Lipinski definition) is 2. The van der Waals surface area contributed by atoms with Crippen molar-refractivity contribution in [2.24, 2.45) is 5.41 Å². The molecule has 1 aromatic carbocycles. The average Bonchev–Trinajstić information content (AvgIpc) is 2.32. The molecule has 18 heavy (non-hydrogen) atoms. The molecule has 3 atom stereocenters. The first-order valence-corrected chi connectivity index (χ1v) is 6.58. The lowest BCUT2D eigenvalue weighted by molar-refractivity contribution is -0.0752. The van der Waals surface area contributed by atoms with Gasteiger partial charge in [-0.15, -0.1) is 0 Å². The third kappa shape index (κ3) is 2.57. The molecule has 100 valence electrons. The molecule has 0 heterocycles. The summed E-state index contributed by atoms with van der Waals surface area (Å²) >= 11 is 0. The second kappa shape index (κ2) is 4.98. The summed E-state index contributed by atoms with van der Waals surface area (Å²) in [5.41, 5.74) is 0.666. The summed E-state index contributed by atoms with van der Waals surface area (Å²) < 4.78 is 13.5. The lowest BCUT2D eigenvalue weighted by Crippen LogP contribution is -2.61. The highest BCUT2D eigenvalue weighted by atomic mass is 19.1. The van der Waals surface area contributed by atoms with E-state index in [2.05, 4.69) is 26.1 Å². The van der Waals surface area contributed by atoms with Gasteiger partial charge in [-0.2, -0.15) is 0 Å². The second-order valence-corrected chi connectivity index (χ2v) is 5.99. The van der Waals surface area contributed by atoms with Crippen molar-refractivity contribution in [3.8, 4) is 0 Å². The van der Waals surface area contributed by atoms with Crippen LogP contribution in [0.2, 0.25) is 0 Å². The van der Waals surface area contributed by atoms with Gasteiger partial charge in [0, 0.05) is 17.5 Å². The lowest BCUT2D eigenvalue weighted by Gasteiger charge is -2.50. The Morgan fingerprint density at radius 2 is 2.11 bits per heavy atom. The number of nitrogens with one attached hydrogen (secondary N) is 1. The standard InChI is InChI=1S/C15H22FNO/c1-10(8-11-6-4-5-7-12(11)16)17-13-9-14(18)15(13,2)3/h4-7,10,13-14,17-18H,8-9H2,1-3H3. The first-order valence-electron chi connectivity index (χ1n) is 6.58. The van der Waals surface area contributed by atoms with Gasteiger partial charge in [0.15, 0.2) is 0 Å². The molecule has 2 nitrogen and oxygen atoms in total. The van der Waals surface area contributed by atoms with Gasteiger partial charge in [-0.05, 0) is 31.4 Å². The van der Waals surface area contributed by atoms with Crippen LogP contribution in [0, 0.1) is 11.2 Å². The Hall–Kier alpha value is -0.930. The molecule has 1 aromatic rings. The van der Waals surface area contributed by atoms with Crippen molar-refractivity contribution in [2.45, 2.75) is 51.8 Å². The van der Waals surface area contributed by atoms with Gasteiger partial charge in [0.1, 0.15) is 5.82 Å². The van der Waals surface area contributed by atoms with E-state index in [4.69, 9.17) is 0 Å². The summed E-state index contributed by atoms with van der Waals surface area (Å²) in [6.07, 6.45) is 1.24. The Morgan fingerprint density at radius 1 is 1.44 bits per heavy atom. The number of rotatable bonds is 4. The molecule has 0 amide bonds. The smallest absolute Gasteiger partial charge is 0.126 e. The third-order valence-corrected chi connectivity index (χ3v) is 4.19. The molecule has 3 heteroatoms. The van der Waals surface area contributed by atoms with Gasteiger partial charge in [-0.1, -0.05) is 32.0 Å². The molecule has 3 unspecified atom stereocenters. The van der Waals surface area contributed by atoms with Crippen molar-refractivity contribution in [3.05, 3.63) is 35.6 Å². The Morgan fingerprint density at radius 3 is 2.67 bits per heavy atom. The van der Waals surface area contributed by atoms with Crippen LogP contribution in [0.1, 0.15) is 32.8 Å². The van der Waals surface area contributed by atoms with E-state index in [1.165, 1.54) is 6.07 Å². The van der Waals surface area contributed by atoms with E-state index < -0.39 is 0 Å². The molecular weight excluding hydrogens is 229 g/mol. The van der Waals surface area contributed by atoms with E-state index in [1.807, 2.05) is 12.1 Å². The predicted octanol–water partition coefficient (Wildman–Crippen LogP) is 2.51. The maximum Gasteiger partial charge on any atom is 0.126 e. The average molecular weight is 251 g/mol. The van der Waals surface area contributed by atoms with Crippen LogP contribution in [-0.4, -0.2) is 23.3 Å². The van der Waals surface area contributed by atoms with E-state index in [0.29, 0.717) is 12.5 Å². The zero-order valence-corrected chi connectivity index (χ0v) is 11.3. The first-order chi connectivity index (χ1) is 8.41. The molecule has 0 aliphatic heterocycles. The summed E-state index contributed by atoms with van der Waals surface area (Å²) in [5, 5.41) is 13.2. The maximum atomic E-state index is 13.5. The van der Waals surface area contributed by atoms with Gasteiger partial charge in [-0.3, -0.25) is 0 Å². The van der Waals surface area contributed by atoms with Gasteiger partial charge in [-0.25, -0.2) is 4.39 Å². The Labute approximate surface area is 108 Å². The summed E-state index contributed by atoms with van der Waals surface area (Å²) in [4.78, 5) is 0. The number of benzene rings is 1. The van der Waals surface area contributed by atoms with Gasteiger partial charge >= 0.3 is 0 Å². The SMILES string of the molecule is CC(Cc1ccccc1F)NC1CC(O)C1(C)C. The quantitative estimate of drug-likeness (QED) is 0.861. The predicted molar refractivity (Wildman–Crippen MR) is 70.9 cm³/mol. The molecule has 0 saturated heterocycles. The number of halogens is 1. The minimum Gasteiger partial charge on any atom is -0.392 e. The number of aliphatic hydroxyl groups excluding tert-OH is 1. The van der Waals surface area contributed by atoms with E-state index in [-0.39, 0.29) is 23.4 Å². The first kappa shape index (κ1) is 13.5. The summed E-state index contributed by atoms with van der Waals surface area (Å²) in [6, 6.07) is 7.42. The molecule has 2 N–H and O–H groups in total. The fourth-order valence-electron chi connectivity index (χ4n) is 2.58.